The molecule has 0 radical (unpaired) electrons. The van der Waals surface area contributed by atoms with Gasteiger partial charge in [-0.1, -0.05) is 101 Å². The Morgan fingerprint density at radius 3 is 2.03 bits per heavy atom. The zero-order valence-corrected chi connectivity index (χ0v) is 23.5. The van der Waals surface area contributed by atoms with Gasteiger partial charge in [-0.25, -0.2) is 4.79 Å². The second-order valence-corrected chi connectivity index (χ2v) is 10.7. The van der Waals surface area contributed by atoms with E-state index in [4.69, 9.17) is 9.47 Å². The number of hydrogen-bond donors (Lipinski definition) is 0. The molecule has 0 aromatic heterocycles. The van der Waals surface area contributed by atoms with Gasteiger partial charge < -0.3 is 14.0 Å². The van der Waals surface area contributed by atoms with E-state index in [0.717, 1.165) is 25.1 Å². The van der Waals surface area contributed by atoms with Crippen LogP contribution in [-0.4, -0.2) is 43.3 Å². The maximum atomic E-state index is 12.8. The van der Waals surface area contributed by atoms with E-state index in [-0.39, 0.29) is 24.7 Å². The van der Waals surface area contributed by atoms with Gasteiger partial charge >= 0.3 is 5.97 Å². The minimum absolute atomic E-state index is 0.149. The minimum Gasteiger partial charge on any atom is -0.487 e. The van der Waals surface area contributed by atoms with Crippen LogP contribution in [0, 0.1) is 0 Å². The van der Waals surface area contributed by atoms with Crippen molar-refractivity contribution in [1.82, 2.24) is 0 Å². The monoisotopic (exact) mass is 496 g/mol. The van der Waals surface area contributed by atoms with Gasteiger partial charge in [-0.15, -0.1) is 0 Å². The first-order valence-corrected chi connectivity index (χ1v) is 14.1. The summed E-state index contributed by atoms with van der Waals surface area (Å²) in [4.78, 5) is 12.8. The second kappa shape index (κ2) is 16.4. The number of ether oxygens (including phenoxy) is 2. The number of likely N-dealkylation sites (N-methyl/N-ethyl adjacent to an activating group) is 1. The Morgan fingerprint density at radius 2 is 1.42 bits per heavy atom. The average molecular weight is 497 g/mol. The van der Waals surface area contributed by atoms with Gasteiger partial charge in [-0.2, -0.15) is 0 Å². The Kier molecular flexibility index (Phi) is 13.6. The molecule has 0 aliphatic heterocycles. The molecule has 2 rings (SSSR count). The lowest BCUT2D eigenvalue weighted by atomic mass is 10.0. The van der Waals surface area contributed by atoms with E-state index < -0.39 is 0 Å². The lowest BCUT2D eigenvalue weighted by molar-refractivity contribution is -0.917. The first-order chi connectivity index (χ1) is 17.4. The minimum atomic E-state index is -0.265. The highest BCUT2D eigenvalue weighted by Crippen LogP contribution is 2.19. The molecule has 0 aliphatic carbocycles. The molecule has 2 unspecified atom stereocenters. The topological polar surface area (TPSA) is 35.5 Å². The van der Waals surface area contributed by atoms with Crippen LogP contribution in [0.1, 0.15) is 89.7 Å². The van der Waals surface area contributed by atoms with Crippen molar-refractivity contribution < 1.29 is 18.8 Å². The van der Waals surface area contributed by atoms with E-state index >= 15 is 0 Å². The molecule has 0 aliphatic rings. The largest absolute Gasteiger partial charge is 0.487 e. The molecule has 0 spiro atoms. The molecular weight excluding hydrogens is 446 g/mol. The van der Waals surface area contributed by atoms with Gasteiger partial charge in [0.05, 0.1) is 14.1 Å². The summed E-state index contributed by atoms with van der Waals surface area (Å²) in [5.41, 5.74) is 2.57. The number of carbonyl (C=O) groups is 1. The van der Waals surface area contributed by atoms with Crippen molar-refractivity contribution in [3.63, 3.8) is 0 Å². The van der Waals surface area contributed by atoms with Crippen LogP contribution in [0.25, 0.3) is 0 Å². The van der Waals surface area contributed by atoms with Crippen molar-refractivity contribution >= 4 is 5.97 Å². The first kappa shape index (κ1) is 29.9. The Hall–Kier alpha value is -2.33. The standard InChI is InChI=1S/C32H50NO3/c1-6-8-9-10-11-12-13-15-18-28-21-23-31(24-22-28)36-30(7-2)26-35-32(34)27(3)33(4,5)25-29-19-16-14-17-20-29/h14,16-17,19-24,27,30H,6-13,15,18,25-26H2,1-5H3/q+1. The number of benzene rings is 2. The van der Waals surface area contributed by atoms with Crippen molar-refractivity contribution in [3.8, 4) is 5.75 Å². The molecule has 2 aromatic rings. The van der Waals surface area contributed by atoms with Gasteiger partial charge in [0.2, 0.25) is 0 Å². The Morgan fingerprint density at radius 1 is 0.806 bits per heavy atom. The molecule has 0 bridgehead atoms. The summed E-state index contributed by atoms with van der Waals surface area (Å²) in [6.45, 7) is 7.32. The van der Waals surface area contributed by atoms with E-state index in [9.17, 15) is 4.79 Å². The molecule has 0 saturated carbocycles. The SMILES string of the molecule is CCCCCCCCCCc1ccc(OC(CC)COC(=O)C(C)[N+](C)(C)Cc2ccccc2)cc1. The van der Waals surface area contributed by atoms with Crippen LogP contribution in [0.4, 0.5) is 0 Å². The lowest BCUT2D eigenvalue weighted by Gasteiger charge is -2.34. The van der Waals surface area contributed by atoms with Crippen LogP contribution in [0.15, 0.2) is 54.6 Å². The molecular formula is C32H50NO3+. The smallest absolute Gasteiger partial charge is 0.364 e. The number of carbonyl (C=O) groups excluding carboxylic acids is 1. The van der Waals surface area contributed by atoms with Crippen LogP contribution in [0.3, 0.4) is 0 Å². The Bertz CT molecular complexity index is 847. The Balaban J connectivity index is 1.72. The molecule has 4 heteroatoms. The van der Waals surface area contributed by atoms with Crippen LogP contribution in [0.5, 0.6) is 5.75 Å². The highest BCUT2D eigenvalue weighted by atomic mass is 16.6. The molecule has 0 N–H and O–H groups in total. The molecule has 4 nitrogen and oxygen atoms in total. The zero-order valence-electron chi connectivity index (χ0n) is 23.5. The van der Waals surface area contributed by atoms with Crippen molar-refractivity contribution in [1.29, 1.82) is 0 Å². The maximum Gasteiger partial charge on any atom is 0.364 e. The average Bonchev–Trinajstić information content (AvgIpc) is 2.88. The highest BCUT2D eigenvalue weighted by molar-refractivity contribution is 5.74. The van der Waals surface area contributed by atoms with Gasteiger partial charge in [0, 0.05) is 5.56 Å². The summed E-state index contributed by atoms with van der Waals surface area (Å²) in [6, 6.07) is 18.4. The van der Waals surface area contributed by atoms with Crippen LogP contribution < -0.4 is 4.74 Å². The highest BCUT2D eigenvalue weighted by Gasteiger charge is 2.32. The van der Waals surface area contributed by atoms with Gasteiger partial charge in [0.15, 0.2) is 6.04 Å². The summed E-state index contributed by atoms with van der Waals surface area (Å²) in [7, 11) is 4.14. The molecule has 2 atom stereocenters. The van der Waals surface area contributed by atoms with Crippen molar-refractivity contribution in [3.05, 3.63) is 65.7 Å². The molecule has 2 aromatic carbocycles. The van der Waals surface area contributed by atoms with Gasteiger partial charge in [-0.05, 0) is 43.9 Å². The third-order valence-electron chi connectivity index (χ3n) is 7.23. The summed E-state index contributed by atoms with van der Waals surface area (Å²) < 4.78 is 12.4. The van der Waals surface area contributed by atoms with Crippen molar-refractivity contribution in [2.75, 3.05) is 20.7 Å². The summed E-state index contributed by atoms with van der Waals surface area (Å²) >= 11 is 0. The normalized spacial score (nSPS) is 13.2. The van der Waals surface area contributed by atoms with E-state index in [0.29, 0.717) is 4.48 Å². The van der Waals surface area contributed by atoms with Crippen LogP contribution >= 0.6 is 0 Å². The fraction of sp³-hybridized carbons (Fsp3) is 0.594. The molecule has 0 amide bonds. The number of aryl methyl sites for hydroxylation is 1. The first-order valence-electron chi connectivity index (χ1n) is 14.1. The Labute approximate surface area is 220 Å². The van der Waals surface area contributed by atoms with E-state index in [1.165, 1.54) is 62.5 Å². The van der Waals surface area contributed by atoms with Crippen molar-refractivity contribution in [2.24, 2.45) is 0 Å². The third-order valence-corrected chi connectivity index (χ3v) is 7.23. The molecule has 0 heterocycles. The quantitative estimate of drug-likeness (QED) is 0.120. The maximum absolute atomic E-state index is 12.8. The summed E-state index contributed by atoms with van der Waals surface area (Å²) in [5.74, 6) is 0.657. The lowest BCUT2D eigenvalue weighted by Crippen LogP contribution is -2.51. The zero-order chi connectivity index (χ0) is 26.2. The van der Waals surface area contributed by atoms with E-state index in [1.807, 2.05) is 37.3 Å². The number of rotatable bonds is 18. The third kappa shape index (κ3) is 11.2. The molecule has 36 heavy (non-hydrogen) atoms. The number of esters is 1. The fourth-order valence-corrected chi connectivity index (χ4v) is 4.40. The number of nitrogens with zero attached hydrogens (tertiary/aromatic N) is 1. The summed E-state index contributed by atoms with van der Waals surface area (Å²) in [5, 5.41) is 0. The van der Waals surface area contributed by atoms with Crippen molar-refractivity contribution in [2.45, 2.75) is 104 Å². The van der Waals surface area contributed by atoms with Gasteiger partial charge in [-0.3, -0.25) is 0 Å². The van der Waals surface area contributed by atoms with Crippen LogP contribution in [0.2, 0.25) is 0 Å². The number of unbranched alkanes of at least 4 members (excludes halogenated alkanes) is 7. The van der Waals surface area contributed by atoms with Gasteiger partial charge in [0.1, 0.15) is 25.0 Å². The molecule has 200 valence electrons. The predicted octanol–water partition coefficient (Wildman–Crippen LogP) is 7.74. The molecule has 0 saturated heterocycles. The summed E-state index contributed by atoms with van der Waals surface area (Å²) in [6.07, 6.45) is 12.5. The second-order valence-electron chi connectivity index (χ2n) is 10.7. The predicted molar refractivity (Wildman–Crippen MR) is 150 cm³/mol. The number of quaternary nitrogens is 1. The van der Waals surface area contributed by atoms with E-state index in [1.54, 1.807) is 0 Å². The van der Waals surface area contributed by atoms with Gasteiger partial charge in [0.25, 0.3) is 0 Å². The van der Waals surface area contributed by atoms with Crippen LogP contribution in [-0.2, 0) is 22.5 Å². The number of hydrogen-bond acceptors (Lipinski definition) is 3. The van der Waals surface area contributed by atoms with E-state index in [2.05, 4.69) is 52.2 Å². The molecule has 0 fully saturated rings. The fourth-order valence-electron chi connectivity index (χ4n) is 4.40.